The second-order valence-corrected chi connectivity index (χ2v) is 11.6. The smallest absolute Gasteiger partial charge is 0.253 e. The number of hydrogen-bond acceptors (Lipinski definition) is 8. The summed E-state index contributed by atoms with van der Waals surface area (Å²) >= 11 is 0. The van der Waals surface area contributed by atoms with Gasteiger partial charge in [0.15, 0.2) is 0 Å². The molecule has 2 N–H and O–H groups in total. The lowest BCUT2D eigenvalue weighted by Crippen LogP contribution is -2.50. The van der Waals surface area contributed by atoms with Crippen molar-refractivity contribution >= 4 is 39.4 Å². The fourth-order valence-electron chi connectivity index (χ4n) is 4.30. The molecule has 0 atom stereocenters. The third-order valence-corrected chi connectivity index (χ3v) is 8.59. The van der Waals surface area contributed by atoms with E-state index in [0.717, 1.165) is 0 Å². The zero-order chi connectivity index (χ0) is 29.6. The van der Waals surface area contributed by atoms with Crippen molar-refractivity contribution in [1.82, 2.24) is 29.4 Å². The van der Waals surface area contributed by atoms with Gasteiger partial charge in [0.05, 0.1) is 10.6 Å². The molecule has 41 heavy (non-hydrogen) atoms. The average Bonchev–Trinajstić information content (AvgIpc) is 2.97. The van der Waals surface area contributed by atoms with Crippen molar-refractivity contribution in [2.45, 2.75) is 18.7 Å². The van der Waals surface area contributed by atoms with Crippen molar-refractivity contribution in [3.05, 3.63) is 66.4 Å². The van der Waals surface area contributed by atoms with Gasteiger partial charge in [0.2, 0.25) is 27.8 Å². The van der Waals surface area contributed by atoms with E-state index in [4.69, 9.17) is 0 Å². The van der Waals surface area contributed by atoms with Gasteiger partial charge in [0.25, 0.3) is 5.91 Å². The number of carbonyl (C=O) groups excluding carboxylic acids is 3. The van der Waals surface area contributed by atoms with Gasteiger partial charge >= 0.3 is 0 Å². The Hall–Kier alpha value is -4.36. The fourth-order valence-corrected chi connectivity index (χ4v) is 5.47. The van der Waals surface area contributed by atoms with E-state index in [-0.39, 0.29) is 35.7 Å². The Kier molecular flexibility index (Phi) is 9.30. The molecule has 0 bridgehead atoms. The number of anilines is 2. The van der Waals surface area contributed by atoms with E-state index >= 15 is 0 Å². The predicted molar refractivity (Wildman–Crippen MR) is 154 cm³/mol. The minimum absolute atomic E-state index is 0.0169. The second-order valence-electron chi connectivity index (χ2n) is 9.60. The summed E-state index contributed by atoms with van der Waals surface area (Å²) in [5, 5.41) is 5.72. The summed E-state index contributed by atoms with van der Waals surface area (Å²) in [5.41, 5.74) is 2.56. The molecule has 0 unspecified atom stereocenters. The SMILES string of the molecule is CC(=O)NCCN(C)S(=O)(=O)c1ccc(-c2ccnc(Nc3ccc(C(=O)N4CCN(C(C)=O)CC4)cc3)n2)cc1. The van der Waals surface area contributed by atoms with Gasteiger partial charge in [-0.2, -0.15) is 4.31 Å². The highest BCUT2D eigenvalue weighted by molar-refractivity contribution is 7.89. The van der Waals surface area contributed by atoms with Crippen LogP contribution in [0.15, 0.2) is 65.7 Å². The summed E-state index contributed by atoms with van der Waals surface area (Å²) in [5.74, 6) is 0.0601. The molecule has 1 aromatic heterocycles. The maximum atomic E-state index is 12.9. The minimum atomic E-state index is -3.71. The Morgan fingerprint density at radius 3 is 2.15 bits per heavy atom. The highest BCUT2D eigenvalue weighted by Gasteiger charge is 2.23. The van der Waals surface area contributed by atoms with Crippen molar-refractivity contribution in [3.8, 4) is 11.3 Å². The quantitative estimate of drug-likeness (QED) is 0.391. The first-order valence-electron chi connectivity index (χ1n) is 13.1. The van der Waals surface area contributed by atoms with Crippen LogP contribution in [-0.2, 0) is 19.6 Å². The fraction of sp³-hybridized carbons (Fsp3) is 0.321. The van der Waals surface area contributed by atoms with E-state index in [2.05, 4.69) is 20.6 Å². The minimum Gasteiger partial charge on any atom is -0.355 e. The van der Waals surface area contributed by atoms with Gasteiger partial charge in [-0.15, -0.1) is 0 Å². The molecule has 216 valence electrons. The normalized spacial score (nSPS) is 13.7. The molecule has 2 aromatic carbocycles. The number of piperazine rings is 1. The van der Waals surface area contributed by atoms with Gasteiger partial charge in [-0.1, -0.05) is 12.1 Å². The summed E-state index contributed by atoms with van der Waals surface area (Å²) < 4.78 is 26.9. The molecule has 1 aliphatic rings. The Bertz CT molecular complexity index is 1500. The Labute approximate surface area is 239 Å². The number of hydrogen-bond donors (Lipinski definition) is 2. The zero-order valence-corrected chi connectivity index (χ0v) is 24.0. The van der Waals surface area contributed by atoms with Crippen molar-refractivity contribution < 1.29 is 22.8 Å². The zero-order valence-electron chi connectivity index (χ0n) is 23.2. The monoisotopic (exact) mass is 579 g/mol. The van der Waals surface area contributed by atoms with E-state index in [0.29, 0.717) is 54.6 Å². The summed E-state index contributed by atoms with van der Waals surface area (Å²) in [6.45, 7) is 5.35. The number of amides is 3. The first kappa shape index (κ1) is 29.6. The summed E-state index contributed by atoms with van der Waals surface area (Å²) in [6, 6.07) is 15.1. The molecule has 3 aromatic rings. The Morgan fingerprint density at radius 1 is 0.902 bits per heavy atom. The standard InChI is InChI=1S/C28H33N7O5S/c1-20(36)29-14-15-33(3)41(39,40)25-10-6-22(7-11-25)26-12-13-30-28(32-26)31-24-8-4-23(5-9-24)27(38)35-18-16-34(17-19-35)21(2)37/h4-13H,14-19H2,1-3H3,(H,29,36)(H,30,31,32). The van der Waals surface area contributed by atoms with Crippen LogP contribution in [0.5, 0.6) is 0 Å². The number of rotatable bonds is 9. The van der Waals surface area contributed by atoms with Crippen LogP contribution in [0, 0.1) is 0 Å². The summed E-state index contributed by atoms with van der Waals surface area (Å²) in [6.07, 6.45) is 1.60. The first-order valence-corrected chi connectivity index (χ1v) is 14.5. The van der Waals surface area contributed by atoms with Crippen molar-refractivity contribution in [1.29, 1.82) is 0 Å². The largest absolute Gasteiger partial charge is 0.355 e. The molecular formula is C28H33N7O5S. The number of benzene rings is 2. The van der Waals surface area contributed by atoms with Crippen molar-refractivity contribution in [2.24, 2.45) is 0 Å². The van der Waals surface area contributed by atoms with E-state index in [9.17, 15) is 22.8 Å². The molecular weight excluding hydrogens is 546 g/mol. The molecule has 0 aliphatic carbocycles. The lowest BCUT2D eigenvalue weighted by molar-refractivity contribution is -0.130. The average molecular weight is 580 g/mol. The number of aromatic nitrogens is 2. The van der Waals surface area contributed by atoms with Crippen LogP contribution in [0.2, 0.25) is 0 Å². The van der Waals surface area contributed by atoms with E-state index in [1.54, 1.807) is 58.5 Å². The number of likely N-dealkylation sites (N-methyl/N-ethyl adjacent to an activating group) is 1. The maximum Gasteiger partial charge on any atom is 0.253 e. The van der Waals surface area contributed by atoms with Gasteiger partial charge in [-0.25, -0.2) is 18.4 Å². The van der Waals surface area contributed by atoms with Crippen LogP contribution < -0.4 is 10.6 Å². The van der Waals surface area contributed by atoms with Gasteiger partial charge in [0.1, 0.15) is 0 Å². The second kappa shape index (κ2) is 12.9. The molecule has 12 nitrogen and oxygen atoms in total. The lowest BCUT2D eigenvalue weighted by Gasteiger charge is -2.34. The molecule has 4 rings (SSSR count). The van der Waals surface area contributed by atoms with E-state index in [1.807, 2.05) is 0 Å². The van der Waals surface area contributed by atoms with Gasteiger partial charge in [-0.3, -0.25) is 14.4 Å². The highest BCUT2D eigenvalue weighted by Crippen LogP contribution is 2.23. The molecule has 1 aliphatic heterocycles. The van der Waals surface area contributed by atoms with Gasteiger partial charge < -0.3 is 20.4 Å². The van der Waals surface area contributed by atoms with Gasteiger partial charge in [0, 0.05) is 83.2 Å². The number of nitrogens with one attached hydrogen (secondary N) is 2. The third-order valence-electron chi connectivity index (χ3n) is 6.71. The number of carbonyl (C=O) groups is 3. The topological polar surface area (TPSA) is 145 Å². The predicted octanol–water partition coefficient (Wildman–Crippen LogP) is 1.95. The molecule has 0 spiro atoms. The van der Waals surface area contributed by atoms with E-state index in [1.165, 1.54) is 37.3 Å². The number of nitrogens with zero attached hydrogens (tertiary/aromatic N) is 5. The maximum absolute atomic E-state index is 12.9. The molecule has 13 heteroatoms. The molecule has 0 saturated carbocycles. The van der Waals surface area contributed by atoms with Crippen LogP contribution in [-0.4, -0.2) is 96.5 Å². The molecule has 1 saturated heterocycles. The first-order chi connectivity index (χ1) is 19.5. The summed E-state index contributed by atoms with van der Waals surface area (Å²) in [7, 11) is -2.25. The van der Waals surface area contributed by atoms with Gasteiger partial charge in [-0.05, 0) is 42.5 Å². The molecule has 3 amide bonds. The van der Waals surface area contributed by atoms with Crippen molar-refractivity contribution in [3.63, 3.8) is 0 Å². The molecule has 0 radical (unpaired) electrons. The Morgan fingerprint density at radius 2 is 1.54 bits per heavy atom. The molecule has 2 heterocycles. The van der Waals surface area contributed by atoms with Crippen LogP contribution >= 0.6 is 0 Å². The third kappa shape index (κ3) is 7.44. The molecule has 1 fully saturated rings. The van der Waals surface area contributed by atoms with Crippen molar-refractivity contribution in [2.75, 3.05) is 51.6 Å². The van der Waals surface area contributed by atoms with Crippen LogP contribution in [0.25, 0.3) is 11.3 Å². The van der Waals surface area contributed by atoms with E-state index < -0.39 is 10.0 Å². The Balaban J connectivity index is 1.38. The van der Waals surface area contributed by atoms with Crippen LogP contribution in [0.4, 0.5) is 11.6 Å². The highest BCUT2D eigenvalue weighted by atomic mass is 32.2. The summed E-state index contributed by atoms with van der Waals surface area (Å²) in [4.78, 5) is 47.9. The van der Waals surface area contributed by atoms with Crippen LogP contribution in [0.3, 0.4) is 0 Å². The lowest BCUT2D eigenvalue weighted by atomic mass is 10.1. The van der Waals surface area contributed by atoms with Crippen LogP contribution in [0.1, 0.15) is 24.2 Å². The number of sulfonamides is 1.